The normalized spacial score (nSPS) is 9.38. The molecule has 1 aromatic heterocycles. The third-order valence-electron chi connectivity index (χ3n) is 2.19. The minimum Gasteiger partial charge on any atom is -0.396 e. The first-order chi connectivity index (χ1) is 7.77. The molecule has 76 valence electrons. The molecule has 0 atom stereocenters. The zero-order valence-electron chi connectivity index (χ0n) is 8.27. The molecule has 0 unspecified atom stereocenters. The number of nitrogens with zero attached hydrogens (tertiary/aromatic N) is 2. The fourth-order valence-electron chi connectivity index (χ4n) is 1.43. The summed E-state index contributed by atoms with van der Waals surface area (Å²) in [6.07, 6.45) is 0. The minimum atomic E-state index is 0.286. The third kappa shape index (κ3) is 1.52. The van der Waals surface area contributed by atoms with E-state index in [2.05, 4.69) is 6.07 Å². The van der Waals surface area contributed by atoms with Gasteiger partial charge in [-0.15, -0.1) is 11.3 Å². The van der Waals surface area contributed by atoms with Crippen LogP contribution < -0.4 is 5.73 Å². The monoisotopic (exact) mass is 225 g/mol. The van der Waals surface area contributed by atoms with Crippen LogP contribution in [0.2, 0.25) is 0 Å². The lowest BCUT2D eigenvalue weighted by Crippen LogP contribution is -1.88. The van der Waals surface area contributed by atoms with Crippen molar-refractivity contribution in [3.63, 3.8) is 0 Å². The molecule has 0 amide bonds. The topological polar surface area (TPSA) is 73.6 Å². The van der Waals surface area contributed by atoms with Crippen LogP contribution in [0.3, 0.4) is 0 Å². The Balaban J connectivity index is 2.69. The van der Waals surface area contributed by atoms with Crippen molar-refractivity contribution in [2.75, 3.05) is 5.73 Å². The lowest BCUT2D eigenvalue weighted by Gasteiger charge is -1.96. The van der Waals surface area contributed by atoms with Gasteiger partial charge in [0.2, 0.25) is 0 Å². The number of hydrogen-bond donors (Lipinski definition) is 1. The molecule has 0 radical (unpaired) electrons. The van der Waals surface area contributed by atoms with E-state index in [0.29, 0.717) is 10.4 Å². The molecule has 3 nitrogen and oxygen atoms in total. The van der Waals surface area contributed by atoms with Crippen molar-refractivity contribution in [2.45, 2.75) is 0 Å². The quantitative estimate of drug-likeness (QED) is 0.810. The van der Waals surface area contributed by atoms with E-state index in [-0.39, 0.29) is 5.69 Å². The Morgan fingerprint density at radius 1 is 1.06 bits per heavy atom. The first-order valence-corrected chi connectivity index (χ1v) is 5.37. The van der Waals surface area contributed by atoms with Crippen molar-refractivity contribution in [3.8, 4) is 22.6 Å². The lowest BCUT2D eigenvalue weighted by atomic mass is 10.1. The number of benzene rings is 1. The highest BCUT2D eigenvalue weighted by molar-refractivity contribution is 7.16. The number of rotatable bonds is 1. The van der Waals surface area contributed by atoms with Crippen LogP contribution in [0.15, 0.2) is 30.3 Å². The fraction of sp³-hybridized carbons (Fsp3) is 0. The van der Waals surface area contributed by atoms with Crippen molar-refractivity contribution in [1.82, 2.24) is 0 Å². The second-order valence-electron chi connectivity index (χ2n) is 3.14. The van der Waals surface area contributed by atoms with Crippen LogP contribution in [0.4, 0.5) is 5.69 Å². The largest absolute Gasteiger partial charge is 0.396 e. The van der Waals surface area contributed by atoms with Crippen molar-refractivity contribution in [2.24, 2.45) is 0 Å². The van der Waals surface area contributed by atoms with E-state index >= 15 is 0 Å². The second kappa shape index (κ2) is 4.06. The van der Waals surface area contributed by atoms with E-state index in [9.17, 15) is 0 Å². The van der Waals surface area contributed by atoms with E-state index in [1.54, 1.807) is 0 Å². The molecule has 0 spiro atoms. The number of hydrogen-bond acceptors (Lipinski definition) is 4. The molecule has 0 aliphatic heterocycles. The molecule has 2 aromatic rings. The van der Waals surface area contributed by atoms with Crippen LogP contribution in [-0.2, 0) is 0 Å². The van der Waals surface area contributed by atoms with E-state index in [0.717, 1.165) is 10.4 Å². The molecule has 16 heavy (non-hydrogen) atoms. The molecular weight excluding hydrogens is 218 g/mol. The molecule has 4 heteroatoms. The zero-order valence-corrected chi connectivity index (χ0v) is 9.08. The lowest BCUT2D eigenvalue weighted by molar-refractivity contribution is 1.49. The molecule has 1 aromatic carbocycles. The number of thiophene rings is 1. The summed E-state index contributed by atoms with van der Waals surface area (Å²) in [5.74, 6) is 0. The Bertz CT molecular complexity index is 600. The Hall–Kier alpha value is -2.30. The van der Waals surface area contributed by atoms with Crippen molar-refractivity contribution in [3.05, 3.63) is 40.8 Å². The summed E-state index contributed by atoms with van der Waals surface area (Å²) in [6.45, 7) is 0. The number of nitriles is 2. The number of nitrogen functional groups attached to an aromatic ring is 1. The van der Waals surface area contributed by atoms with Gasteiger partial charge in [0.1, 0.15) is 17.0 Å². The maximum Gasteiger partial charge on any atom is 0.129 e. The maximum absolute atomic E-state index is 9.04. The maximum atomic E-state index is 9.04. The molecule has 0 aliphatic carbocycles. The van der Waals surface area contributed by atoms with Gasteiger partial charge in [-0.1, -0.05) is 30.3 Å². The van der Waals surface area contributed by atoms with Crippen molar-refractivity contribution >= 4 is 17.0 Å². The molecule has 0 aliphatic rings. The van der Waals surface area contributed by atoms with Gasteiger partial charge in [-0.2, -0.15) is 10.5 Å². The van der Waals surface area contributed by atoms with Gasteiger partial charge < -0.3 is 5.73 Å². The first-order valence-electron chi connectivity index (χ1n) is 4.55. The van der Waals surface area contributed by atoms with Crippen LogP contribution >= 0.6 is 11.3 Å². The summed E-state index contributed by atoms with van der Waals surface area (Å²) in [5.41, 5.74) is 7.32. The Morgan fingerprint density at radius 3 is 2.31 bits per heavy atom. The van der Waals surface area contributed by atoms with E-state index in [4.69, 9.17) is 16.3 Å². The van der Waals surface area contributed by atoms with E-state index in [1.165, 1.54) is 11.3 Å². The minimum absolute atomic E-state index is 0.286. The Kier molecular flexibility index (Phi) is 2.59. The molecule has 1 heterocycles. The molecular formula is C12H7N3S. The van der Waals surface area contributed by atoms with Crippen molar-refractivity contribution < 1.29 is 0 Å². The summed E-state index contributed by atoms with van der Waals surface area (Å²) in [7, 11) is 0. The molecule has 0 saturated carbocycles. The highest BCUT2D eigenvalue weighted by Crippen LogP contribution is 2.37. The Labute approximate surface area is 97.0 Å². The van der Waals surface area contributed by atoms with Crippen LogP contribution in [0.25, 0.3) is 10.4 Å². The predicted molar refractivity (Wildman–Crippen MR) is 63.6 cm³/mol. The first kappa shape index (κ1) is 10.2. The van der Waals surface area contributed by atoms with Gasteiger partial charge >= 0.3 is 0 Å². The molecule has 2 N–H and O–H groups in total. The molecule has 0 saturated heterocycles. The standard InChI is InChI=1S/C12H7N3S/c13-6-9-11(15)10(7-14)16-12(9)8-4-2-1-3-5-8/h1-5H,15H2. The van der Waals surface area contributed by atoms with Crippen LogP contribution in [-0.4, -0.2) is 0 Å². The zero-order chi connectivity index (χ0) is 11.5. The summed E-state index contributed by atoms with van der Waals surface area (Å²) < 4.78 is 0. The van der Waals surface area contributed by atoms with Gasteiger partial charge in [-0.05, 0) is 5.56 Å². The fourth-order valence-corrected chi connectivity index (χ4v) is 2.40. The average molecular weight is 225 g/mol. The van der Waals surface area contributed by atoms with Gasteiger partial charge in [0, 0.05) is 0 Å². The van der Waals surface area contributed by atoms with Gasteiger partial charge in [-0.25, -0.2) is 0 Å². The smallest absolute Gasteiger partial charge is 0.129 e. The molecule has 0 fully saturated rings. The summed E-state index contributed by atoms with van der Waals surface area (Å²) in [4.78, 5) is 1.16. The van der Waals surface area contributed by atoms with E-state index in [1.807, 2.05) is 36.4 Å². The third-order valence-corrected chi connectivity index (χ3v) is 3.35. The highest BCUT2D eigenvalue weighted by Gasteiger charge is 2.16. The summed E-state index contributed by atoms with van der Waals surface area (Å²) in [5, 5.41) is 17.9. The average Bonchev–Trinajstić information content (AvgIpc) is 2.66. The van der Waals surface area contributed by atoms with Gasteiger partial charge in [-0.3, -0.25) is 0 Å². The van der Waals surface area contributed by atoms with E-state index < -0.39 is 0 Å². The van der Waals surface area contributed by atoms with Crippen LogP contribution in [0, 0.1) is 22.7 Å². The highest BCUT2D eigenvalue weighted by atomic mass is 32.1. The molecule has 2 rings (SSSR count). The van der Waals surface area contributed by atoms with Gasteiger partial charge in [0.25, 0.3) is 0 Å². The molecule has 0 bridgehead atoms. The summed E-state index contributed by atoms with van der Waals surface area (Å²) in [6, 6.07) is 13.5. The van der Waals surface area contributed by atoms with Crippen LogP contribution in [0.1, 0.15) is 10.4 Å². The SMILES string of the molecule is N#Cc1sc(-c2ccccc2)c(C#N)c1N. The Morgan fingerprint density at radius 2 is 1.75 bits per heavy atom. The number of anilines is 1. The second-order valence-corrected chi connectivity index (χ2v) is 4.16. The predicted octanol–water partition coefficient (Wildman–Crippen LogP) is 2.74. The van der Waals surface area contributed by atoms with Crippen molar-refractivity contribution in [1.29, 1.82) is 10.5 Å². The number of nitrogens with two attached hydrogens (primary N) is 1. The van der Waals surface area contributed by atoms with Gasteiger partial charge in [0.15, 0.2) is 0 Å². The van der Waals surface area contributed by atoms with Crippen LogP contribution in [0.5, 0.6) is 0 Å². The summed E-state index contributed by atoms with van der Waals surface area (Å²) >= 11 is 1.26. The van der Waals surface area contributed by atoms with Gasteiger partial charge in [0.05, 0.1) is 16.1 Å².